The number of rotatable bonds is 4. The molecule has 0 bridgehead atoms. The van der Waals surface area contributed by atoms with Crippen LogP contribution in [0.2, 0.25) is 0 Å². The van der Waals surface area contributed by atoms with Crippen molar-refractivity contribution in [1.82, 2.24) is 14.8 Å². The molecule has 1 aromatic heterocycles. The van der Waals surface area contributed by atoms with Crippen molar-refractivity contribution in [3.05, 3.63) is 12.7 Å². The number of aryl methyl sites for hydroxylation is 1. The summed E-state index contributed by atoms with van der Waals surface area (Å²) in [4.78, 5) is 3.71. The number of nitrogens with two attached hydrogens (primary N) is 1. The van der Waals surface area contributed by atoms with Crippen LogP contribution in [0.5, 0.6) is 0 Å². The van der Waals surface area contributed by atoms with Crippen LogP contribution in [0.1, 0.15) is 6.42 Å². The first kappa shape index (κ1) is 9.14. The van der Waals surface area contributed by atoms with Crippen LogP contribution < -0.4 is 5.14 Å². The summed E-state index contributed by atoms with van der Waals surface area (Å²) in [5.74, 6) is -0.0210. The van der Waals surface area contributed by atoms with Crippen molar-refractivity contribution in [3.8, 4) is 0 Å². The first-order valence-electron chi connectivity index (χ1n) is 3.41. The average molecular weight is 190 g/mol. The molecule has 0 aliphatic carbocycles. The molecule has 0 saturated heterocycles. The van der Waals surface area contributed by atoms with Gasteiger partial charge in [-0.1, -0.05) is 0 Å². The average Bonchev–Trinajstić information content (AvgIpc) is 2.36. The van der Waals surface area contributed by atoms with Gasteiger partial charge < -0.3 is 0 Å². The molecular weight excluding hydrogens is 180 g/mol. The largest absolute Gasteiger partial charge is 0.253 e. The van der Waals surface area contributed by atoms with Crippen LogP contribution in [0.4, 0.5) is 0 Å². The minimum absolute atomic E-state index is 0.0210. The molecule has 0 spiro atoms. The summed E-state index contributed by atoms with van der Waals surface area (Å²) in [5, 5.41) is 8.61. The molecule has 1 aromatic rings. The van der Waals surface area contributed by atoms with E-state index in [2.05, 4.69) is 10.1 Å². The molecule has 12 heavy (non-hydrogen) atoms. The van der Waals surface area contributed by atoms with E-state index in [1.807, 2.05) is 0 Å². The van der Waals surface area contributed by atoms with Crippen LogP contribution in [0, 0.1) is 0 Å². The predicted molar refractivity (Wildman–Crippen MR) is 42.6 cm³/mol. The van der Waals surface area contributed by atoms with Crippen molar-refractivity contribution >= 4 is 10.0 Å². The van der Waals surface area contributed by atoms with Gasteiger partial charge in [-0.2, -0.15) is 5.10 Å². The fraction of sp³-hybridized carbons (Fsp3) is 0.600. The number of sulfonamides is 1. The molecule has 1 heterocycles. The van der Waals surface area contributed by atoms with Crippen molar-refractivity contribution in [3.63, 3.8) is 0 Å². The van der Waals surface area contributed by atoms with Gasteiger partial charge in [-0.3, -0.25) is 4.68 Å². The van der Waals surface area contributed by atoms with Crippen LogP contribution in [0.25, 0.3) is 0 Å². The van der Waals surface area contributed by atoms with Crippen LogP contribution in [0.15, 0.2) is 12.7 Å². The second kappa shape index (κ2) is 3.63. The van der Waals surface area contributed by atoms with E-state index in [4.69, 9.17) is 5.14 Å². The van der Waals surface area contributed by atoms with Gasteiger partial charge in [-0.25, -0.2) is 18.5 Å². The number of primary sulfonamides is 1. The molecule has 0 aromatic carbocycles. The summed E-state index contributed by atoms with van der Waals surface area (Å²) < 4.78 is 22.5. The third-order valence-corrected chi connectivity index (χ3v) is 2.14. The SMILES string of the molecule is NS(=O)(=O)CCCn1cncn1. The Bertz CT molecular complexity index is 317. The maximum Gasteiger partial charge on any atom is 0.209 e. The zero-order chi connectivity index (χ0) is 9.03. The molecule has 68 valence electrons. The zero-order valence-electron chi connectivity index (χ0n) is 6.42. The Labute approximate surface area is 70.5 Å². The molecular formula is C5H10N4O2S. The predicted octanol–water partition coefficient (Wildman–Crippen LogP) is -1.04. The van der Waals surface area contributed by atoms with Crippen molar-refractivity contribution in [2.75, 3.05) is 5.75 Å². The summed E-state index contributed by atoms with van der Waals surface area (Å²) in [5.41, 5.74) is 0. The van der Waals surface area contributed by atoms with Crippen molar-refractivity contribution in [1.29, 1.82) is 0 Å². The first-order valence-corrected chi connectivity index (χ1v) is 5.12. The zero-order valence-corrected chi connectivity index (χ0v) is 7.24. The summed E-state index contributed by atoms with van der Waals surface area (Å²) in [6, 6.07) is 0. The second-order valence-electron chi connectivity index (χ2n) is 2.38. The highest BCUT2D eigenvalue weighted by Crippen LogP contribution is 1.89. The van der Waals surface area contributed by atoms with Crippen molar-refractivity contribution in [2.45, 2.75) is 13.0 Å². The van der Waals surface area contributed by atoms with Crippen molar-refractivity contribution in [2.24, 2.45) is 5.14 Å². The minimum atomic E-state index is -3.34. The van der Waals surface area contributed by atoms with E-state index in [0.29, 0.717) is 13.0 Å². The molecule has 0 unspecified atom stereocenters. The fourth-order valence-electron chi connectivity index (χ4n) is 0.776. The Kier molecular flexibility index (Phi) is 2.77. The molecule has 1 rings (SSSR count). The number of aromatic nitrogens is 3. The van der Waals surface area contributed by atoms with Crippen LogP contribution >= 0.6 is 0 Å². The molecule has 2 N–H and O–H groups in total. The van der Waals surface area contributed by atoms with E-state index in [0.717, 1.165) is 0 Å². The Hall–Kier alpha value is -0.950. The van der Waals surface area contributed by atoms with E-state index in [-0.39, 0.29) is 5.75 Å². The molecule has 0 atom stereocenters. The van der Waals surface area contributed by atoms with E-state index < -0.39 is 10.0 Å². The lowest BCUT2D eigenvalue weighted by atomic mass is 10.5. The maximum absolute atomic E-state index is 10.5. The van der Waals surface area contributed by atoms with E-state index >= 15 is 0 Å². The molecule has 7 heteroatoms. The summed E-state index contributed by atoms with van der Waals surface area (Å²) in [6.45, 7) is 0.524. The topological polar surface area (TPSA) is 90.9 Å². The molecule has 0 aliphatic rings. The second-order valence-corrected chi connectivity index (χ2v) is 4.11. The van der Waals surface area contributed by atoms with Gasteiger partial charge in [0.05, 0.1) is 5.75 Å². The lowest BCUT2D eigenvalue weighted by molar-refractivity contribution is 0.573. The van der Waals surface area contributed by atoms with Gasteiger partial charge in [0.1, 0.15) is 12.7 Å². The Morgan fingerprint density at radius 3 is 2.75 bits per heavy atom. The number of hydrogen-bond donors (Lipinski definition) is 1. The lowest BCUT2D eigenvalue weighted by Gasteiger charge is -1.98. The quantitative estimate of drug-likeness (QED) is 0.656. The Morgan fingerprint density at radius 1 is 1.50 bits per heavy atom. The van der Waals surface area contributed by atoms with Gasteiger partial charge in [-0.05, 0) is 6.42 Å². The van der Waals surface area contributed by atoms with E-state index in [9.17, 15) is 8.42 Å². The summed E-state index contributed by atoms with van der Waals surface area (Å²) in [6.07, 6.45) is 3.39. The third-order valence-electron chi connectivity index (χ3n) is 1.28. The van der Waals surface area contributed by atoms with Crippen LogP contribution in [0.3, 0.4) is 0 Å². The van der Waals surface area contributed by atoms with Crippen LogP contribution in [-0.4, -0.2) is 28.9 Å². The van der Waals surface area contributed by atoms with E-state index in [1.54, 1.807) is 4.68 Å². The number of nitrogens with zero attached hydrogens (tertiary/aromatic N) is 3. The molecule has 0 fully saturated rings. The van der Waals surface area contributed by atoms with Gasteiger partial charge in [0.25, 0.3) is 0 Å². The lowest BCUT2D eigenvalue weighted by Crippen LogP contribution is -2.17. The highest BCUT2D eigenvalue weighted by atomic mass is 32.2. The molecule has 0 amide bonds. The van der Waals surface area contributed by atoms with Gasteiger partial charge in [0, 0.05) is 6.54 Å². The highest BCUT2D eigenvalue weighted by Gasteiger charge is 2.01. The van der Waals surface area contributed by atoms with E-state index in [1.165, 1.54) is 12.7 Å². The summed E-state index contributed by atoms with van der Waals surface area (Å²) >= 11 is 0. The Morgan fingerprint density at radius 2 is 2.25 bits per heavy atom. The first-order chi connectivity index (χ1) is 5.58. The maximum atomic E-state index is 10.5. The standard InChI is InChI=1S/C5H10N4O2S/c6-12(10,11)3-1-2-9-5-7-4-8-9/h4-5H,1-3H2,(H2,6,10,11). The van der Waals surface area contributed by atoms with Gasteiger partial charge in [-0.15, -0.1) is 0 Å². The van der Waals surface area contributed by atoms with Crippen molar-refractivity contribution < 1.29 is 8.42 Å². The van der Waals surface area contributed by atoms with Gasteiger partial charge in [0.2, 0.25) is 10.0 Å². The molecule has 6 nitrogen and oxygen atoms in total. The smallest absolute Gasteiger partial charge is 0.209 e. The monoisotopic (exact) mass is 190 g/mol. The number of hydrogen-bond acceptors (Lipinski definition) is 4. The van der Waals surface area contributed by atoms with Gasteiger partial charge >= 0.3 is 0 Å². The molecule has 0 saturated carbocycles. The highest BCUT2D eigenvalue weighted by molar-refractivity contribution is 7.89. The summed E-state index contributed by atoms with van der Waals surface area (Å²) in [7, 11) is -3.34. The van der Waals surface area contributed by atoms with Crippen LogP contribution in [-0.2, 0) is 16.6 Å². The third kappa shape index (κ3) is 3.44. The molecule has 0 aliphatic heterocycles. The molecule has 0 radical (unpaired) electrons. The fourth-order valence-corrected chi connectivity index (χ4v) is 1.31. The Balaban J connectivity index is 2.29. The minimum Gasteiger partial charge on any atom is -0.253 e. The van der Waals surface area contributed by atoms with Gasteiger partial charge in [0.15, 0.2) is 0 Å². The normalized spacial score (nSPS) is 11.8.